The lowest BCUT2D eigenvalue weighted by molar-refractivity contribution is -0.384. The van der Waals surface area contributed by atoms with E-state index in [2.05, 4.69) is 5.32 Å². The Hall–Kier alpha value is -4.64. The second-order valence-corrected chi connectivity index (χ2v) is 6.45. The minimum absolute atomic E-state index is 0.0163. The highest BCUT2D eigenvalue weighted by Gasteiger charge is 2.10. The van der Waals surface area contributed by atoms with Gasteiger partial charge in [0.1, 0.15) is 29.7 Å². The zero-order valence-electron chi connectivity index (χ0n) is 16.2. The predicted octanol–water partition coefficient (Wildman–Crippen LogP) is 4.43. The molecule has 3 aromatic carbocycles. The summed E-state index contributed by atoms with van der Waals surface area (Å²) in [6.45, 7) is 0.242. The molecule has 0 aromatic heterocycles. The molecule has 154 valence electrons. The van der Waals surface area contributed by atoms with Crippen LogP contribution >= 0.6 is 0 Å². The maximum absolute atomic E-state index is 12.3. The summed E-state index contributed by atoms with van der Waals surface area (Å²) in [5.41, 5.74) is 1.82. The van der Waals surface area contributed by atoms with Gasteiger partial charge in [-0.05, 0) is 65.7 Å². The van der Waals surface area contributed by atoms with Crippen LogP contribution in [0, 0.1) is 21.4 Å². The molecule has 0 saturated carbocycles. The summed E-state index contributed by atoms with van der Waals surface area (Å²) in [4.78, 5) is 22.5. The smallest absolute Gasteiger partial charge is 0.269 e. The molecule has 0 fully saturated rings. The Labute approximate surface area is 177 Å². The van der Waals surface area contributed by atoms with Crippen LogP contribution in [0.2, 0.25) is 0 Å². The third kappa shape index (κ3) is 5.92. The fourth-order valence-electron chi connectivity index (χ4n) is 2.60. The van der Waals surface area contributed by atoms with Gasteiger partial charge in [-0.2, -0.15) is 5.26 Å². The molecule has 0 bridgehead atoms. The molecule has 2 N–H and O–H groups in total. The molecule has 0 spiro atoms. The zero-order chi connectivity index (χ0) is 22.2. The summed E-state index contributed by atoms with van der Waals surface area (Å²) in [6.07, 6.45) is 1.45. The van der Waals surface area contributed by atoms with E-state index in [4.69, 9.17) is 4.74 Å². The number of nitro benzene ring substituents is 1. The number of aromatic hydroxyl groups is 1. The monoisotopic (exact) mass is 415 g/mol. The van der Waals surface area contributed by atoms with E-state index in [1.54, 1.807) is 36.4 Å². The average Bonchev–Trinajstić information content (AvgIpc) is 2.78. The second-order valence-electron chi connectivity index (χ2n) is 6.45. The molecule has 0 aliphatic rings. The lowest BCUT2D eigenvalue weighted by Gasteiger charge is -2.07. The number of ether oxygens (including phenoxy) is 1. The number of hydrogen-bond donors (Lipinski definition) is 2. The Morgan fingerprint density at radius 1 is 1.06 bits per heavy atom. The number of phenols is 1. The van der Waals surface area contributed by atoms with Crippen molar-refractivity contribution in [2.45, 2.75) is 6.61 Å². The minimum Gasteiger partial charge on any atom is -0.508 e. The van der Waals surface area contributed by atoms with Crippen LogP contribution in [0.15, 0.2) is 78.4 Å². The maximum atomic E-state index is 12.3. The van der Waals surface area contributed by atoms with Crippen LogP contribution in [0.5, 0.6) is 11.5 Å². The van der Waals surface area contributed by atoms with Gasteiger partial charge in [0, 0.05) is 17.8 Å². The van der Waals surface area contributed by atoms with Gasteiger partial charge in [-0.3, -0.25) is 14.9 Å². The van der Waals surface area contributed by atoms with Gasteiger partial charge in [-0.1, -0.05) is 12.1 Å². The Morgan fingerprint density at radius 3 is 2.29 bits per heavy atom. The van der Waals surface area contributed by atoms with Crippen LogP contribution in [0.4, 0.5) is 11.4 Å². The van der Waals surface area contributed by atoms with Gasteiger partial charge in [0.15, 0.2) is 0 Å². The second kappa shape index (κ2) is 9.71. The van der Waals surface area contributed by atoms with Gasteiger partial charge in [-0.15, -0.1) is 0 Å². The summed E-state index contributed by atoms with van der Waals surface area (Å²) in [5, 5.41) is 31.9. The minimum atomic E-state index is -0.563. The first-order chi connectivity index (χ1) is 14.9. The highest BCUT2D eigenvalue weighted by Crippen LogP contribution is 2.19. The molecule has 1 amide bonds. The van der Waals surface area contributed by atoms with Gasteiger partial charge >= 0.3 is 0 Å². The molecule has 0 heterocycles. The Balaban J connectivity index is 1.61. The molecule has 31 heavy (non-hydrogen) atoms. The highest BCUT2D eigenvalue weighted by molar-refractivity contribution is 6.09. The van der Waals surface area contributed by atoms with Gasteiger partial charge in [0.05, 0.1) is 4.92 Å². The van der Waals surface area contributed by atoms with E-state index in [1.165, 1.54) is 42.5 Å². The van der Waals surface area contributed by atoms with E-state index in [9.17, 15) is 25.3 Å². The van der Waals surface area contributed by atoms with Crippen molar-refractivity contribution < 1.29 is 19.6 Å². The van der Waals surface area contributed by atoms with Crippen molar-refractivity contribution >= 4 is 23.4 Å². The Morgan fingerprint density at radius 2 is 1.71 bits per heavy atom. The van der Waals surface area contributed by atoms with Crippen LogP contribution in [0.3, 0.4) is 0 Å². The number of amides is 1. The fraction of sp³-hybridized carbons (Fsp3) is 0.0435. The van der Waals surface area contributed by atoms with Crippen LogP contribution in [-0.2, 0) is 11.4 Å². The van der Waals surface area contributed by atoms with Gasteiger partial charge < -0.3 is 15.2 Å². The predicted molar refractivity (Wildman–Crippen MR) is 114 cm³/mol. The van der Waals surface area contributed by atoms with E-state index < -0.39 is 10.8 Å². The number of nitrogens with zero attached hydrogens (tertiary/aromatic N) is 2. The summed E-state index contributed by atoms with van der Waals surface area (Å²) >= 11 is 0. The topological polar surface area (TPSA) is 125 Å². The van der Waals surface area contributed by atoms with E-state index in [-0.39, 0.29) is 23.6 Å². The molecular formula is C23H17N3O5. The molecule has 3 aromatic rings. The number of non-ortho nitro benzene ring substituents is 1. The Kier molecular flexibility index (Phi) is 6.60. The number of carbonyl (C=O) groups excluding carboxylic acids is 1. The molecule has 0 aliphatic heterocycles. The van der Waals surface area contributed by atoms with E-state index in [0.717, 1.165) is 5.56 Å². The van der Waals surface area contributed by atoms with E-state index in [1.807, 2.05) is 6.07 Å². The SMILES string of the molecule is N#C/C(=C/c1ccc(OCc2ccc([N+](=O)[O-])cc2)cc1)C(=O)Nc1ccc(O)cc1. The lowest BCUT2D eigenvalue weighted by atomic mass is 10.1. The van der Waals surface area contributed by atoms with Crippen LogP contribution in [-0.4, -0.2) is 15.9 Å². The molecular weight excluding hydrogens is 398 g/mol. The van der Waals surface area contributed by atoms with Crippen molar-refractivity contribution in [3.63, 3.8) is 0 Å². The van der Waals surface area contributed by atoms with Gasteiger partial charge in [0.25, 0.3) is 11.6 Å². The summed E-state index contributed by atoms with van der Waals surface area (Å²) in [5.74, 6) is 0.0826. The molecule has 0 radical (unpaired) electrons. The number of nitro groups is 1. The van der Waals surface area contributed by atoms with Crippen LogP contribution < -0.4 is 10.1 Å². The molecule has 0 atom stereocenters. The first-order valence-electron chi connectivity index (χ1n) is 9.13. The Bertz CT molecular complexity index is 1150. The van der Waals surface area contributed by atoms with Crippen molar-refractivity contribution in [2.24, 2.45) is 0 Å². The number of rotatable bonds is 7. The normalized spacial score (nSPS) is 10.7. The van der Waals surface area contributed by atoms with E-state index >= 15 is 0 Å². The number of hydrogen-bond acceptors (Lipinski definition) is 6. The highest BCUT2D eigenvalue weighted by atomic mass is 16.6. The van der Waals surface area contributed by atoms with Crippen molar-refractivity contribution in [1.29, 1.82) is 5.26 Å². The lowest BCUT2D eigenvalue weighted by Crippen LogP contribution is -2.13. The largest absolute Gasteiger partial charge is 0.508 e. The summed E-state index contributed by atoms with van der Waals surface area (Å²) < 4.78 is 5.66. The third-order valence-corrected chi connectivity index (χ3v) is 4.23. The number of anilines is 1. The summed E-state index contributed by atoms with van der Waals surface area (Å²) in [6, 6.07) is 20.7. The van der Waals surface area contributed by atoms with Gasteiger partial charge in [-0.25, -0.2) is 0 Å². The average molecular weight is 415 g/mol. The first-order valence-corrected chi connectivity index (χ1v) is 9.13. The molecule has 8 heteroatoms. The molecule has 0 saturated heterocycles. The maximum Gasteiger partial charge on any atom is 0.269 e. The first kappa shape index (κ1) is 21.1. The number of benzene rings is 3. The zero-order valence-corrected chi connectivity index (χ0v) is 16.2. The van der Waals surface area contributed by atoms with Crippen LogP contribution in [0.1, 0.15) is 11.1 Å². The molecule has 3 rings (SSSR count). The van der Waals surface area contributed by atoms with Crippen molar-refractivity contribution in [3.05, 3.63) is 99.6 Å². The third-order valence-electron chi connectivity index (χ3n) is 4.23. The number of nitrogens with one attached hydrogen (secondary N) is 1. The molecule has 0 unspecified atom stereocenters. The standard InChI is InChI=1S/C23H17N3O5/c24-14-18(23(28)25-19-5-9-21(27)10-6-19)13-16-3-11-22(12-4-16)31-15-17-1-7-20(8-2-17)26(29)30/h1-13,27H,15H2,(H,25,28)/b18-13-. The molecule has 0 aliphatic carbocycles. The van der Waals surface area contributed by atoms with Gasteiger partial charge in [0.2, 0.25) is 0 Å². The summed E-state index contributed by atoms with van der Waals surface area (Å²) in [7, 11) is 0. The van der Waals surface area contributed by atoms with Crippen molar-refractivity contribution in [1.82, 2.24) is 0 Å². The molecule has 8 nitrogen and oxygen atoms in total. The van der Waals surface area contributed by atoms with E-state index in [0.29, 0.717) is 17.0 Å². The number of nitriles is 1. The van der Waals surface area contributed by atoms with Crippen molar-refractivity contribution in [2.75, 3.05) is 5.32 Å². The number of phenolic OH excluding ortho intramolecular Hbond substituents is 1. The quantitative estimate of drug-likeness (QED) is 0.193. The van der Waals surface area contributed by atoms with Crippen molar-refractivity contribution in [3.8, 4) is 17.6 Å². The fourth-order valence-corrected chi connectivity index (χ4v) is 2.60. The van der Waals surface area contributed by atoms with Crippen LogP contribution in [0.25, 0.3) is 6.08 Å². The number of carbonyl (C=O) groups is 1.